The molecule has 132 valence electrons. The Morgan fingerprint density at radius 3 is 2.24 bits per heavy atom. The molecule has 0 aromatic heterocycles. The highest BCUT2D eigenvalue weighted by Gasteiger charge is 2.18. The summed E-state index contributed by atoms with van der Waals surface area (Å²) in [6.07, 6.45) is 0. The van der Waals surface area contributed by atoms with Crippen LogP contribution in [-0.2, 0) is 9.59 Å². The van der Waals surface area contributed by atoms with E-state index in [0.717, 1.165) is 16.8 Å². The third-order valence-corrected chi connectivity index (χ3v) is 3.99. The maximum absolute atomic E-state index is 12.3. The highest BCUT2D eigenvalue weighted by atomic mass is 16.2. The highest BCUT2D eigenvalue weighted by Crippen LogP contribution is 2.27. The van der Waals surface area contributed by atoms with E-state index in [1.165, 1.54) is 0 Å². The molecule has 0 radical (unpaired) electrons. The average Bonchev–Trinajstić information content (AvgIpc) is 2.56. The topological polar surface area (TPSA) is 61.4 Å². The Balaban J connectivity index is 2.14. The fourth-order valence-corrected chi connectivity index (χ4v) is 2.56. The SMILES string of the molecule is Cc1cccc(C(C)C)c1NC(=O)C(=O)Nc1cccc(N(C)C)c1. The van der Waals surface area contributed by atoms with Gasteiger partial charge in [0.1, 0.15) is 0 Å². The first kappa shape index (κ1) is 18.5. The molecule has 0 atom stereocenters. The number of hydrogen-bond donors (Lipinski definition) is 2. The number of hydrogen-bond acceptors (Lipinski definition) is 3. The lowest BCUT2D eigenvalue weighted by Crippen LogP contribution is -2.30. The fraction of sp³-hybridized carbons (Fsp3) is 0.300. The zero-order valence-electron chi connectivity index (χ0n) is 15.4. The number of anilines is 3. The van der Waals surface area contributed by atoms with Crippen LogP contribution >= 0.6 is 0 Å². The lowest BCUT2D eigenvalue weighted by Gasteiger charge is -2.16. The molecule has 0 aliphatic carbocycles. The van der Waals surface area contributed by atoms with Gasteiger partial charge in [0, 0.05) is 31.2 Å². The Hall–Kier alpha value is -2.82. The minimum Gasteiger partial charge on any atom is -0.378 e. The molecule has 0 spiro atoms. The van der Waals surface area contributed by atoms with E-state index in [4.69, 9.17) is 0 Å². The second-order valence-corrected chi connectivity index (χ2v) is 6.55. The lowest BCUT2D eigenvalue weighted by molar-refractivity contribution is -0.133. The van der Waals surface area contributed by atoms with E-state index in [1.54, 1.807) is 6.07 Å². The predicted molar refractivity (Wildman–Crippen MR) is 103 cm³/mol. The van der Waals surface area contributed by atoms with Gasteiger partial charge in [-0.3, -0.25) is 9.59 Å². The summed E-state index contributed by atoms with van der Waals surface area (Å²) in [7, 11) is 3.83. The Kier molecular flexibility index (Phi) is 5.80. The van der Waals surface area contributed by atoms with Crippen LogP contribution in [0.15, 0.2) is 42.5 Å². The van der Waals surface area contributed by atoms with E-state index in [0.29, 0.717) is 11.4 Å². The molecule has 2 aromatic carbocycles. The van der Waals surface area contributed by atoms with E-state index >= 15 is 0 Å². The average molecular weight is 339 g/mol. The molecular formula is C20H25N3O2. The van der Waals surface area contributed by atoms with Crippen molar-refractivity contribution < 1.29 is 9.59 Å². The summed E-state index contributed by atoms with van der Waals surface area (Å²) in [6, 6.07) is 13.2. The molecule has 25 heavy (non-hydrogen) atoms. The molecule has 0 saturated carbocycles. The number of nitrogens with one attached hydrogen (secondary N) is 2. The molecule has 0 unspecified atom stereocenters. The van der Waals surface area contributed by atoms with Crippen molar-refractivity contribution in [3.8, 4) is 0 Å². The monoisotopic (exact) mass is 339 g/mol. The maximum atomic E-state index is 12.3. The second-order valence-electron chi connectivity index (χ2n) is 6.55. The zero-order chi connectivity index (χ0) is 18.6. The summed E-state index contributed by atoms with van der Waals surface area (Å²) in [5.74, 6) is -1.12. The van der Waals surface area contributed by atoms with Crippen LogP contribution in [0.3, 0.4) is 0 Å². The fourth-order valence-electron chi connectivity index (χ4n) is 2.56. The predicted octanol–water partition coefficient (Wildman–Crippen LogP) is 3.76. The first-order valence-electron chi connectivity index (χ1n) is 8.29. The van der Waals surface area contributed by atoms with Crippen LogP contribution in [0.4, 0.5) is 17.1 Å². The van der Waals surface area contributed by atoms with Gasteiger partial charge in [0.2, 0.25) is 0 Å². The summed E-state index contributed by atoms with van der Waals surface area (Å²) in [4.78, 5) is 26.5. The van der Waals surface area contributed by atoms with Gasteiger partial charge in [-0.1, -0.05) is 38.1 Å². The molecule has 0 fully saturated rings. The third-order valence-electron chi connectivity index (χ3n) is 3.99. The Labute approximate surface area is 149 Å². The molecule has 0 saturated heterocycles. The molecule has 2 amide bonds. The van der Waals surface area contributed by atoms with Crippen molar-refractivity contribution in [2.24, 2.45) is 0 Å². The van der Waals surface area contributed by atoms with Gasteiger partial charge in [-0.15, -0.1) is 0 Å². The highest BCUT2D eigenvalue weighted by molar-refractivity contribution is 6.43. The smallest absolute Gasteiger partial charge is 0.314 e. The van der Waals surface area contributed by atoms with Crippen molar-refractivity contribution in [3.05, 3.63) is 53.6 Å². The number of aryl methyl sites for hydroxylation is 1. The molecule has 2 aromatic rings. The zero-order valence-corrected chi connectivity index (χ0v) is 15.4. The molecule has 0 aliphatic rings. The minimum atomic E-state index is -0.686. The number of amides is 2. The minimum absolute atomic E-state index is 0.245. The largest absolute Gasteiger partial charge is 0.378 e. The first-order valence-corrected chi connectivity index (χ1v) is 8.29. The summed E-state index contributed by atoms with van der Waals surface area (Å²) in [5, 5.41) is 5.40. The molecule has 0 heterocycles. The van der Waals surface area contributed by atoms with Crippen LogP contribution in [-0.4, -0.2) is 25.9 Å². The van der Waals surface area contributed by atoms with E-state index < -0.39 is 11.8 Å². The number of carbonyl (C=O) groups excluding carboxylic acids is 2. The van der Waals surface area contributed by atoms with Gasteiger partial charge in [-0.05, 0) is 42.2 Å². The van der Waals surface area contributed by atoms with E-state index in [-0.39, 0.29) is 5.92 Å². The van der Waals surface area contributed by atoms with Crippen molar-refractivity contribution in [1.82, 2.24) is 0 Å². The molecule has 0 bridgehead atoms. The van der Waals surface area contributed by atoms with Gasteiger partial charge in [-0.2, -0.15) is 0 Å². The third kappa shape index (κ3) is 4.59. The second kappa shape index (κ2) is 7.83. The van der Waals surface area contributed by atoms with E-state index in [1.807, 2.05) is 62.3 Å². The van der Waals surface area contributed by atoms with Gasteiger partial charge in [0.25, 0.3) is 0 Å². The number of nitrogens with zero attached hydrogens (tertiary/aromatic N) is 1. The number of carbonyl (C=O) groups is 2. The van der Waals surface area contributed by atoms with Crippen LogP contribution in [0.5, 0.6) is 0 Å². The number of benzene rings is 2. The number of rotatable bonds is 4. The summed E-state index contributed by atoms with van der Waals surface area (Å²) >= 11 is 0. The lowest BCUT2D eigenvalue weighted by atomic mass is 9.98. The summed E-state index contributed by atoms with van der Waals surface area (Å²) < 4.78 is 0. The Morgan fingerprint density at radius 2 is 1.60 bits per heavy atom. The Bertz CT molecular complexity index is 782. The van der Waals surface area contributed by atoms with Gasteiger partial charge in [-0.25, -0.2) is 0 Å². The van der Waals surface area contributed by atoms with Crippen LogP contribution in [0, 0.1) is 6.92 Å². The van der Waals surface area contributed by atoms with Crippen molar-refractivity contribution in [1.29, 1.82) is 0 Å². The standard InChI is InChI=1S/C20H25N3O2/c1-13(2)17-11-6-8-14(3)18(17)22-20(25)19(24)21-15-9-7-10-16(12-15)23(4)5/h6-13H,1-5H3,(H,21,24)(H,22,25). The van der Waals surface area contributed by atoms with Crippen molar-refractivity contribution >= 4 is 28.9 Å². The quantitative estimate of drug-likeness (QED) is 0.834. The maximum Gasteiger partial charge on any atom is 0.314 e. The van der Waals surface area contributed by atoms with Crippen molar-refractivity contribution in [2.45, 2.75) is 26.7 Å². The molecule has 2 N–H and O–H groups in total. The van der Waals surface area contributed by atoms with Crippen LogP contribution in [0.1, 0.15) is 30.9 Å². The molecule has 2 rings (SSSR count). The number of para-hydroxylation sites is 1. The van der Waals surface area contributed by atoms with E-state index in [2.05, 4.69) is 24.5 Å². The van der Waals surface area contributed by atoms with Crippen molar-refractivity contribution in [3.63, 3.8) is 0 Å². The van der Waals surface area contributed by atoms with Crippen LogP contribution in [0.25, 0.3) is 0 Å². The van der Waals surface area contributed by atoms with Gasteiger partial charge in [0.05, 0.1) is 0 Å². The first-order chi connectivity index (χ1) is 11.8. The molecule has 5 heteroatoms. The molecular weight excluding hydrogens is 314 g/mol. The summed E-state index contributed by atoms with van der Waals surface area (Å²) in [6.45, 7) is 6.02. The van der Waals surface area contributed by atoms with Gasteiger partial charge >= 0.3 is 11.8 Å². The normalized spacial score (nSPS) is 10.5. The van der Waals surface area contributed by atoms with E-state index in [9.17, 15) is 9.59 Å². The van der Waals surface area contributed by atoms with Gasteiger partial charge in [0.15, 0.2) is 0 Å². The summed E-state index contributed by atoms with van der Waals surface area (Å²) in [5.41, 5.74) is 4.18. The Morgan fingerprint density at radius 1 is 0.960 bits per heavy atom. The van der Waals surface area contributed by atoms with Crippen molar-refractivity contribution in [2.75, 3.05) is 29.6 Å². The van der Waals surface area contributed by atoms with Gasteiger partial charge < -0.3 is 15.5 Å². The molecule has 0 aliphatic heterocycles. The van der Waals surface area contributed by atoms with Crippen LogP contribution in [0.2, 0.25) is 0 Å². The van der Waals surface area contributed by atoms with Crippen LogP contribution < -0.4 is 15.5 Å². The molecule has 5 nitrogen and oxygen atoms in total.